The maximum atomic E-state index is 9.79. The second-order valence-electron chi connectivity index (χ2n) is 8.47. The predicted molar refractivity (Wildman–Crippen MR) is 123 cm³/mol. The van der Waals surface area contributed by atoms with E-state index < -0.39 is 0 Å². The van der Waals surface area contributed by atoms with Crippen LogP contribution >= 0.6 is 11.8 Å². The topological polar surface area (TPSA) is 90.1 Å². The molecule has 4 aromatic rings. The number of aryl methyl sites for hydroxylation is 1. The number of nitrogens with two attached hydrogens (primary N) is 1. The van der Waals surface area contributed by atoms with Gasteiger partial charge in [0.05, 0.1) is 18.3 Å². The number of pyridine rings is 1. The maximum absolute atomic E-state index is 9.79. The summed E-state index contributed by atoms with van der Waals surface area (Å²) in [6.07, 6.45) is 10.3. The molecular formula is C24H24N4O2S. The van der Waals surface area contributed by atoms with Crippen LogP contribution in [0.1, 0.15) is 37.3 Å². The number of thioether (sulfide) groups is 1. The average Bonchev–Trinajstić information content (AvgIpc) is 3.53. The molecule has 6 nitrogen and oxygen atoms in total. The number of nitrogens with zero attached hydrogens (tertiary/aromatic N) is 3. The minimum Gasteiger partial charge on any atom is -0.452 e. The molecule has 0 atom stereocenters. The Balaban J connectivity index is 1.42. The van der Waals surface area contributed by atoms with Crippen LogP contribution in [0.5, 0.6) is 0 Å². The van der Waals surface area contributed by atoms with Crippen LogP contribution < -0.4 is 5.73 Å². The van der Waals surface area contributed by atoms with Crippen LogP contribution in [0.25, 0.3) is 33.4 Å². The van der Waals surface area contributed by atoms with Crippen molar-refractivity contribution in [3.63, 3.8) is 0 Å². The Morgan fingerprint density at radius 3 is 2.87 bits per heavy atom. The van der Waals surface area contributed by atoms with Crippen LogP contribution in [-0.2, 0) is 6.42 Å². The molecule has 4 heterocycles. The van der Waals surface area contributed by atoms with Gasteiger partial charge in [0.25, 0.3) is 0 Å². The monoisotopic (exact) mass is 432 g/mol. The molecule has 0 saturated heterocycles. The van der Waals surface area contributed by atoms with Gasteiger partial charge in [0, 0.05) is 45.1 Å². The Morgan fingerprint density at radius 1 is 1.13 bits per heavy atom. The molecule has 3 aromatic heterocycles. The summed E-state index contributed by atoms with van der Waals surface area (Å²) in [6, 6.07) is 8.83. The number of hydrogen-bond acceptors (Lipinski definition) is 6. The van der Waals surface area contributed by atoms with E-state index in [1.807, 2.05) is 28.8 Å². The molecule has 1 saturated carbocycles. The van der Waals surface area contributed by atoms with Crippen molar-refractivity contribution in [1.82, 2.24) is 14.8 Å². The van der Waals surface area contributed by atoms with Crippen molar-refractivity contribution in [1.29, 1.82) is 0 Å². The molecular weight excluding hydrogens is 408 g/mol. The smallest absolute Gasteiger partial charge is 0.177 e. The van der Waals surface area contributed by atoms with E-state index in [2.05, 4.69) is 40.5 Å². The highest BCUT2D eigenvalue weighted by atomic mass is 32.2. The average molecular weight is 433 g/mol. The number of hydrogen-bond donors (Lipinski definition) is 2. The first kappa shape index (κ1) is 19.0. The lowest BCUT2D eigenvalue weighted by molar-refractivity contribution is 0.108. The largest absolute Gasteiger partial charge is 0.452 e. The fourth-order valence-electron chi connectivity index (χ4n) is 4.82. The third kappa shape index (κ3) is 3.23. The third-order valence-corrected chi connectivity index (χ3v) is 7.70. The highest BCUT2D eigenvalue weighted by Crippen LogP contribution is 2.43. The molecule has 31 heavy (non-hydrogen) atoms. The predicted octanol–water partition coefficient (Wildman–Crippen LogP) is 5.06. The molecule has 1 fully saturated rings. The quantitative estimate of drug-likeness (QED) is 0.470. The van der Waals surface area contributed by atoms with Crippen molar-refractivity contribution in [2.75, 3.05) is 11.5 Å². The van der Waals surface area contributed by atoms with Crippen LogP contribution in [-0.4, -0.2) is 31.7 Å². The molecule has 7 heteroatoms. The zero-order chi connectivity index (χ0) is 20.9. The first-order valence-electron chi connectivity index (χ1n) is 10.8. The van der Waals surface area contributed by atoms with Crippen LogP contribution in [0.3, 0.4) is 0 Å². The lowest BCUT2D eigenvalue weighted by Crippen LogP contribution is -2.21. The summed E-state index contributed by atoms with van der Waals surface area (Å²) in [5.74, 6) is 2.34. The minimum absolute atomic E-state index is 0.172. The van der Waals surface area contributed by atoms with Crippen LogP contribution in [0.4, 0.5) is 5.82 Å². The molecule has 1 aliphatic heterocycles. The zero-order valence-electron chi connectivity index (χ0n) is 17.1. The highest BCUT2D eigenvalue weighted by Gasteiger charge is 2.23. The Kier molecular flexibility index (Phi) is 4.54. The number of anilines is 1. The zero-order valence-corrected chi connectivity index (χ0v) is 17.9. The summed E-state index contributed by atoms with van der Waals surface area (Å²) in [7, 11) is 0. The summed E-state index contributed by atoms with van der Waals surface area (Å²) >= 11 is 1.89. The fourth-order valence-corrected chi connectivity index (χ4v) is 6.02. The Bertz CT molecular complexity index is 1270. The number of rotatable bonds is 3. The van der Waals surface area contributed by atoms with Crippen molar-refractivity contribution in [2.45, 2.75) is 49.1 Å². The Morgan fingerprint density at radius 2 is 2.00 bits per heavy atom. The lowest BCUT2D eigenvalue weighted by Gasteiger charge is -2.25. The minimum atomic E-state index is -0.172. The van der Waals surface area contributed by atoms with Crippen molar-refractivity contribution < 1.29 is 9.52 Å². The van der Waals surface area contributed by atoms with E-state index in [-0.39, 0.29) is 6.10 Å². The van der Waals surface area contributed by atoms with Gasteiger partial charge in [0.1, 0.15) is 5.76 Å². The molecule has 0 unspecified atom stereocenters. The second kappa shape index (κ2) is 7.43. The molecule has 0 spiro atoms. The van der Waals surface area contributed by atoms with E-state index in [0.29, 0.717) is 17.4 Å². The molecule has 6 rings (SSSR count). The first-order chi connectivity index (χ1) is 15.2. The summed E-state index contributed by atoms with van der Waals surface area (Å²) in [5, 5.41) is 15.4. The Hall–Kier alpha value is -2.77. The maximum Gasteiger partial charge on any atom is 0.177 e. The van der Waals surface area contributed by atoms with E-state index in [0.717, 1.165) is 65.7 Å². The van der Waals surface area contributed by atoms with Gasteiger partial charge in [0.2, 0.25) is 0 Å². The van der Waals surface area contributed by atoms with Gasteiger partial charge in [-0.05, 0) is 43.7 Å². The van der Waals surface area contributed by atoms with Crippen LogP contribution in [0, 0.1) is 0 Å². The third-order valence-electron chi connectivity index (χ3n) is 6.52. The summed E-state index contributed by atoms with van der Waals surface area (Å²) in [5.41, 5.74) is 11.3. The van der Waals surface area contributed by atoms with E-state index in [9.17, 15) is 5.11 Å². The van der Waals surface area contributed by atoms with Crippen molar-refractivity contribution in [2.24, 2.45) is 0 Å². The molecule has 1 aromatic carbocycles. The van der Waals surface area contributed by atoms with E-state index in [4.69, 9.17) is 10.2 Å². The van der Waals surface area contributed by atoms with Gasteiger partial charge in [-0.25, -0.2) is 4.98 Å². The van der Waals surface area contributed by atoms with E-state index >= 15 is 0 Å². The molecule has 0 radical (unpaired) electrons. The first-order valence-corrected chi connectivity index (χ1v) is 11.8. The normalized spacial score (nSPS) is 20.9. The van der Waals surface area contributed by atoms with E-state index in [1.54, 1.807) is 0 Å². The van der Waals surface area contributed by atoms with Gasteiger partial charge in [0.15, 0.2) is 11.4 Å². The van der Waals surface area contributed by atoms with Gasteiger partial charge in [-0.15, -0.1) is 11.8 Å². The number of aromatic nitrogens is 3. The van der Waals surface area contributed by atoms with Crippen LogP contribution in [0.2, 0.25) is 0 Å². The number of aliphatic hydroxyl groups is 1. The number of aliphatic hydroxyl groups excluding tert-OH is 1. The number of nitrogen functional groups attached to an aromatic ring is 1. The molecule has 2 aliphatic rings. The van der Waals surface area contributed by atoms with Gasteiger partial charge in [-0.3, -0.25) is 4.68 Å². The highest BCUT2D eigenvalue weighted by molar-refractivity contribution is 7.99. The molecule has 0 amide bonds. The number of fused-ring (bicyclic) bond motifs is 2. The van der Waals surface area contributed by atoms with Gasteiger partial charge in [-0.2, -0.15) is 5.10 Å². The molecule has 158 valence electrons. The molecule has 3 N–H and O–H groups in total. The van der Waals surface area contributed by atoms with Crippen LogP contribution in [0.15, 0.2) is 52.2 Å². The lowest BCUT2D eigenvalue weighted by atomic mass is 9.93. The number of furan rings is 1. The summed E-state index contributed by atoms with van der Waals surface area (Å²) in [6.45, 7) is 0. The van der Waals surface area contributed by atoms with Gasteiger partial charge < -0.3 is 15.3 Å². The Labute approximate surface area is 184 Å². The standard InChI is InChI=1S/C24H24N4O2S/c25-24-22-19(10-21(30-22)18-3-1-2-14-8-9-31-23(14)18)20(12-26-24)15-11-27-28(13-15)16-4-6-17(29)7-5-16/h1-3,10-13,16-17,29H,4-9H2,(H2,25,26). The SMILES string of the molecule is Nc1ncc(-c2cnn(C3CCC(O)CC3)c2)c2cc(-c3cccc4c3SCC4)oc12. The van der Waals surface area contributed by atoms with Crippen molar-refractivity contribution >= 4 is 28.5 Å². The van der Waals surface area contributed by atoms with Crippen molar-refractivity contribution in [3.05, 3.63) is 48.4 Å². The van der Waals surface area contributed by atoms with Crippen molar-refractivity contribution in [3.8, 4) is 22.5 Å². The number of benzene rings is 1. The second-order valence-corrected chi connectivity index (χ2v) is 9.58. The van der Waals surface area contributed by atoms with Gasteiger partial charge >= 0.3 is 0 Å². The molecule has 0 bridgehead atoms. The van der Waals surface area contributed by atoms with E-state index in [1.165, 1.54) is 10.5 Å². The fraction of sp³-hybridized carbons (Fsp3) is 0.333. The summed E-state index contributed by atoms with van der Waals surface area (Å²) < 4.78 is 8.28. The molecule has 1 aliphatic carbocycles. The van der Waals surface area contributed by atoms with Gasteiger partial charge in [-0.1, -0.05) is 18.2 Å². The summed E-state index contributed by atoms with van der Waals surface area (Å²) in [4.78, 5) is 5.71.